The third kappa shape index (κ3) is 5.32. The van der Waals surface area contributed by atoms with Crippen molar-refractivity contribution in [1.82, 2.24) is 10.2 Å². The number of ketones is 1. The topological polar surface area (TPSA) is 84.9 Å². The van der Waals surface area contributed by atoms with Crippen molar-refractivity contribution >= 4 is 17.8 Å². The van der Waals surface area contributed by atoms with E-state index in [0.29, 0.717) is 25.8 Å². The standard InChI is InChI=1S/C30H47F3N2O5/c1-17-10-13-35(6)15-20(17)25(37)34-26(38)40-22-14-27(4,16-30(31,32)33)24(36)19(3)29-11-8-18(2)28(22,5)23(29)21(39-7)9-12-29/h17-23H,8-16H2,1-7H3,(H,34,37,38)/t17-,18+,19-,20-,21+,22+,23?,27-,28-,29?/m0/s1. The second-order valence-electron chi connectivity index (χ2n) is 14.0. The molecule has 10 heteroatoms. The molecule has 3 saturated carbocycles. The average Bonchev–Trinajstić information content (AvgIpc) is 3.25. The van der Waals surface area contributed by atoms with Gasteiger partial charge >= 0.3 is 12.3 Å². The second kappa shape index (κ2) is 10.9. The number of alkyl carbamates (subject to hydrolysis) is 1. The van der Waals surface area contributed by atoms with Gasteiger partial charge in [-0.25, -0.2) is 4.79 Å². The van der Waals surface area contributed by atoms with Crippen molar-refractivity contribution in [3.8, 4) is 0 Å². The molecule has 0 radical (unpaired) electrons. The summed E-state index contributed by atoms with van der Waals surface area (Å²) in [6, 6.07) is 0. The monoisotopic (exact) mass is 572 g/mol. The van der Waals surface area contributed by atoms with Gasteiger partial charge in [0.25, 0.3) is 0 Å². The minimum absolute atomic E-state index is 0.00238. The molecule has 4 rings (SSSR count). The number of hydrogen-bond donors (Lipinski definition) is 1. The number of carbonyl (C=O) groups is 3. The zero-order chi connectivity index (χ0) is 29.8. The van der Waals surface area contributed by atoms with Crippen LogP contribution in [0.5, 0.6) is 0 Å². The first-order valence-electron chi connectivity index (χ1n) is 14.8. The molecule has 0 aromatic heterocycles. The second-order valence-corrected chi connectivity index (χ2v) is 14.0. The molecule has 1 N–H and O–H groups in total. The maximum atomic E-state index is 14.0. The fraction of sp³-hybridized carbons (Fsp3) is 0.900. The number of halogens is 3. The Hall–Kier alpha value is -1.68. The third-order valence-corrected chi connectivity index (χ3v) is 11.7. The van der Waals surface area contributed by atoms with E-state index in [0.717, 1.165) is 19.4 Å². The number of nitrogens with one attached hydrogen (secondary N) is 1. The molecule has 3 aliphatic carbocycles. The first-order valence-corrected chi connectivity index (χ1v) is 14.8. The molecule has 4 fully saturated rings. The number of hydrogen-bond acceptors (Lipinski definition) is 6. The molecule has 0 aromatic rings. The van der Waals surface area contributed by atoms with Crippen molar-refractivity contribution in [1.29, 1.82) is 0 Å². The highest BCUT2D eigenvalue weighted by molar-refractivity contribution is 5.93. The van der Waals surface area contributed by atoms with Gasteiger partial charge in [0.15, 0.2) is 0 Å². The van der Waals surface area contributed by atoms with Gasteiger partial charge in [-0.3, -0.25) is 14.9 Å². The minimum atomic E-state index is -4.57. The Morgan fingerprint density at radius 2 is 1.75 bits per heavy atom. The number of imide groups is 1. The number of methoxy groups -OCH3 is 1. The molecular weight excluding hydrogens is 525 g/mol. The largest absolute Gasteiger partial charge is 0.445 e. The summed E-state index contributed by atoms with van der Waals surface area (Å²) in [5.41, 5.74) is -3.06. The van der Waals surface area contributed by atoms with Gasteiger partial charge in [-0.15, -0.1) is 0 Å². The van der Waals surface area contributed by atoms with Crippen molar-refractivity contribution in [3.05, 3.63) is 0 Å². The lowest BCUT2D eigenvalue weighted by Crippen LogP contribution is -2.63. The predicted molar refractivity (Wildman–Crippen MR) is 143 cm³/mol. The molecule has 2 amide bonds. The van der Waals surface area contributed by atoms with Gasteiger partial charge in [-0.2, -0.15) is 13.2 Å². The van der Waals surface area contributed by atoms with Gasteiger partial charge in [-0.05, 0) is 69.4 Å². The van der Waals surface area contributed by atoms with Crippen LogP contribution in [0, 0.1) is 45.8 Å². The molecule has 1 heterocycles. The van der Waals surface area contributed by atoms with Gasteiger partial charge in [0.2, 0.25) is 5.91 Å². The van der Waals surface area contributed by atoms with E-state index in [1.165, 1.54) is 6.92 Å². The Morgan fingerprint density at radius 1 is 1.10 bits per heavy atom. The lowest BCUT2D eigenvalue weighted by Gasteiger charge is -2.61. The molecule has 2 bridgehead atoms. The summed E-state index contributed by atoms with van der Waals surface area (Å²) < 4.78 is 53.9. The molecule has 7 nitrogen and oxygen atoms in total. The minimum Gasteiger partial charge on any atom is -0.445 e. The Balaban J connectivity index is 1.72. The van der Waals surface area contributed by atoms with Crippen LogP contribution in [0.2, 0.25) is 0 Å². The Kier molecular flexibility index (Phi) is 8.49. The summed E-state index contributed by atoms with van der Waals surface area (Å²) in [5.74, 6) is -1.95. The summed E-state index contributed by atoms with van der Waals surface area (Å²) in [6.45, 7) is 10.6. The third-order valence-electron chi connectivity index (χ3n) is 11.7. The van der Waals surface area contributed by atoms with Crippen LogP contribution in [-0.4, -0.2) is 68.3 Å². The number of ether oxygens (including phenoxy) is 2. The fourth-order valence-electron chi connectivity index (χ4n) is 9.19. The number of amides is 2. The Morgan fingerprint density at radius 3 is 2.38 bits per heavy atom. The molecular formula is C30H47F3N2O5. The van der Waals surface area contributed by atoms with Crippen molar-refractivity contribution in [2.24, 2.45) is 45.8 Å². The van der Waals surface area contributed by atoms with E-state index in [4.69, 9.17) is 9.47 Å². The molecule has 0 aromatic carbocycles. The van der Waals surface area contributed by atoms with Crippen LogP contribution in [0.25, 0.3) is 0 Å². The highest BCUT2D eigenvalue weighted by atomic mass is 19.4. The van der Waals surface area contributed by atoms with E-state index in [-0.39, 0.29) is 30.3 Å². The van der Waals surface area contributed by atoms with E-state index in [1.54, 1.807) is 14.0 Å². The van der Waals surface area contributed by atoms with Crippen molar-refractivity contribution in [3.63, 3.8) is 0 Å². The fourth-order valence-corrected chi connectivity index (χ4v) is 9.19. The van der Waals surface area contributed by atoms with Crippen LogP contribution >= 0.6 is 0 Å². The van der Waals surface area contributed by atoms with E-state index >= 15 is 0 Å². The number of rotatable bonds is 4. The van der Waals surface area contributed by atoms with Crippen molar-refractivity contribution in [2.75, 3.05) is 27.2 Å². The van der Waals surface area contributed by atoms with E-state index in [1.807, 2.05) is 25.8 Å². The zero-order valence-electron chi connectivity index (χ0n) is 25.0. The van der Waals surface area contributed by atoms with Crippen LogP contribution in [0.15, 0.2) is 0 Å². The lowest BCUT2D eigenvalue weighted by atomic mass is 9.43. The first kappa shape index (κ1) is 31.3. The van der Waals surface area contributed by atoms with Crippen LogP contribution < -0.4 is 5.32 Å². The Bertz CT molecular complexity index is 1010. The van der Waals surface area contributed by atoms with E-state index in [9.17, 15) is 27.6 Å². The van der Waals surface area contributed by atoms with Crippen LogP contribution in [0.4, 0.5) is 18.0 Å². The number of likely N-dealkylation sites (tertiary alicyclic amines) is 1. The molecule has 1 saturated heterocycles. The van der Waals surface area contributed by atoms with Gasteiger partial charge in [0.05, 0.1) is 18.4 Å². The van der Waals surface area contributed by atoms with Crippen LogP contribution in [0.1, 0.15) is 79.6 Å². The number of piperidine rings is 1. The van der Waals surface area contributed by atoms with Gasteiger partial charge in [0.1, 0.15) is 11.9 Å². The molecule has 2 unspecified atom stereocenters. The normalized spacial score (nSPS) is 44.4. The lowest BCUT2D eigenvalue weighted by molar-refractivity contribution is -0.207. The zero-order valence-corrected chi connectivity index (χ0v) is 25.0. The maximum Gasteiger partial charge on any atom is 0.414 e. The van der Waals surface area contributed by atoms with Gasteiger partial charge in [-0.1, -0.05) is 34.6 Å². The number of nitrogens with zero attached hydrogens (tertiary/aromatic N) is 1. The summed E-state index contributed by atoms with van der Waals surface area (Å²) >= 11 is 0. The quantitative estimate of drug-likeness (QED) is 0.472. The number of alkyl halides is 3. The first-order chi connectivity index (χ1) is 18.5. The molecule has 10 atom stereocenters. The summed E-state index contributed by atoms with van der Waals surface area (Å²) in [6.07, 6.45) is -4.61. The number of Topliss-reactive ketones (excluding diaryl/α,β-unsaturated/α-hetero) is 1. The van der Waals surface area contributed by atoms with Gasteiger partial charge < -0.3 is 14.4 Å². The van der Waals surface area contributed by atoms with Crippen LogP contribution in [0.3, 0.4) is 0 Å². The predicted octanol–water partition coefficient (Wildman–Crippen LogP) is 5.61. The van der Waals surface area contributed by atoms with Crippen LogP contribution in [-0.2, 0) is 19.1 Å². The van der Waals surface area contributed by atoms with Crippen molar-refractivity contribution < 1.29 is 37.0 Å². The number of carbonyl (C=O) groups excluding carboxylic acids is 3. The summed E-state index contributed by atoms with van der Waals surface area (Å²) in [4.78, 5) is 42.5. The van der Waals surface area contributed by atoms with E-state index < -0.39 is 64.6 Å². The maximum absolute atomic E-state index is 14.0. The highest BCUT2D eigenvalue weighted by Gasteiger charge is 2.69. The summed E-state index contributed by atoms with van der Waals surface area (Å²) in [7, 11) is 3.56. The molecule has 0 spiro atoms. The average molecular weight is 573 g/mol. The molecule has 228 valence electrons. The van der Waals surface area contributed by atoms with Gasteiger partial charge in [0, 0.05) is 36.3 Å². The Labute approximate surface area is 236 Å². The van der Waals surface area contributed by atoms with E-state index in [2.05, 4.69) is 12.2 Å². The molecule has 40 heavy (non-hydrogen) atoms. The molecule has 4 aliphatic rings. The summed E-state index contributed by atoms with van der Waals surface area (Å²) in [5, 5.41) is 2.40. The smallest absolute Gasteiger partial charge is 0.414 e. The van der Waals surface area contributed by atoms with Crippen molar-refractivity contribution in [2.45, 2.75) is 97.9 Å². The SMILES string of the molecule is CO[C@@H]1CCC23CC[C@@H](C)[C@](C)(C12)[C@H](OC(=O)NC(=O)[C@H]1CN(C)CC[C@@H]1C)C[C@@](C)(CC(F)(F)F)C(=O)[C@@H]3C. The molecule has 1 aliphatic heterocycles. The highest BCUT2D eigenvalue weighted by Crippen LogP contribution is 2.69.